The summed E-state index contributed by atoms with van der Waals surface area (Å²) >= 11 is 1.61. The lowest BCUT2D eigenvalue weighted by atomic mass is 9.57. The molecule has 1 amide bonds. The third kappa shape index (κ3) is 3.83. The van der Waals surface area contributed by atoms with E-state index in [9.17, 15) is 34.8 Å². The van der Waals surface area contributed by atoms with Gasteiger partial charge in [-0.05, 0) is 81.1 Å². The van der Waals surface area contributed by atoms with Crippen molar-refractivity contribution in [1.29, 1.82) is 0 Å². The van der Waals surface area contributed by atoms with Crippen LogP contribution in [0.25, 0.3) is 16.2 Å². The number of amides is 1. The molecular weight excluding hydrogens is 534 g/mol. The monoisotopic (exact) mass is 565 g/mol. The second-order valence-corrected chi connectivity index (χ2v) is 12.5. The fourth-order valence-electron chi connectivity index (χ4n) is 6.62. The average Bonchev–Trinajstić information content (AvgIpc) is 3.60. The Morgan fingerprint density at radius 3 is 2.52 bits per heavy atom. The first-order valence-corrected chi connectivity index (χ1v) is 14.1. The maximum absolute atomic E-state index is 14.0. The molecule has 11 heteroatoms. The zero-order valence-electron chi connectivity index (χ0n) is 22.1. The molecule has 6 rings (SSSR count). The van der Waals surface area contributed by atoms with Crippen molar-refractivity contribution in [3.63, 3.8) is 0 Å². The smallest absolute Gasteiger partial charge is 0.255 e. The number of likely N-dealkylation sites (N-methyl/N-ethyl adjacent to an activating group) is 1. The summed E-state index contributed by atoms with van der Waals surface area (Å²) in [7, 11) is 3.16. The van der Waals surface area contributed by atoms with Crippen molar-refractivity contribution >= 4 is 34.6 Å². The number of Topliss-reactive ketones (excluding diaryl/α,β-unsaturated/α-hetero) is 2. The third-order valence-electron chi connectivity index (χ3n) is 8.67. The number of primary amides is 1. The predicted octanol–water partition coefficient (Wildman–Crippen LogP) is 1.94. The molecule has 7 N–H and O–H groups in total. The SMILES string of the molecule is CN(C)C1C(=O)C(C(N)=O)=C(O)C2(O)C(=O)C3=C(O)c4c(O)ccc(-c5ccc(CNC6CC6)s5)c4CC3CC12. The number of carbonyl (C=O) groups is 3. The number of phenolic OH excluding ortho intramolecular Hbond substituents is 1. The van der Waals surface area contributed by atoms with E-state index < -0.39 is 58.0 Å². The van der Waals surface area contributed by atoms with E-state index >= 15 is 0 Å². The topological polar surface area (TPSA) is 173 Å². The zero-order chi connectivity index (χ0) is 28.7. The summed E-state index contributed by atoms with van der Waals surface area (Å²) in [6.07, 6.45) is 2.69. The number of aliphatic hydroxyl groups is 3. The first kappa shape index (κ1) is 26.7. The van der Waals surface area contributed by atoms with Crippen molar-refractivity contribution in [3.8, 4) is 16.2 Å². The molecule has 10 nitrogen and oxygen atoms in total. The van der Waals surface area contributed by atoms with Gasteiger partial charge in [-0.25, -0.2) is 0 Å². The first-order chi connectivity index (χ1) is 18.9. The van der Waals surface area contributed by atoms with Crippen molar-refractivity contribution in [3.05, 3.63) is 57.2 Å². The summed E-state index contributed by atoms with van der Waals surface area (Å²) in [4.78, 5) is 42.9. The number of carbonyl (C=O) groups excluding carboxylic acids is 3. The van der Waals surface area contributed by atoms with E-state index in [1.807, 2.05) is 12.1 Å². The van der Waals surface area contributed by atoms with Crippen LogP contribution in [-0.4, -0.2) is 74.6 Å². The number of aromatic hydroxyl groups is 1. The van der Waals surface area contributed by atoms with Crippen molar-refractivity contribution in [2.45, 2.75) is 49.9 Å². The lowest BCUT2D eigenvalue weighted by Gasteiger charge is -2.50. The third-order valence-corrected chi connectivity index (χ3v) is 9.79. The van der Waals surface area contributed by atoms with Gasteiger partial charge in [-0.15, -0.1) is 11.3 Å². The quantitative estimate of drug-likeness (QED) is 0.286. The molecule has 1 heterocycles. The number of nitrogens with one attached hydrogen (secondary N) is 1. The van der Waals surface area contributed by atoms with Gasteiger partial charge in [-0.1, -0.05) is 0 Å². The Labute approximate surface area is 234 Å². The second-order valence-electron chi connectivity index (χ2n) is 11.4. The Morgan fingerprint density at radius 1 is 1.15 bits per heavy atom. The highest BCUT2D eigenvalue weighted by molar-refractivity contribution is 7.15. The van der Waals surface area contributed by atoms with Gasteiger partial charge in [0.1, 0.15) is 22.8 Å². The number of hydrogen-bond donors (Lipinski definition) is 6. The number of ketones is 2. The molecule has 4 unspecified atom stereocenters. The zero-order valence-corrected chi connectivity index (χ0v) is 22.9. The molecule has 0 spiro atoms. The summed E-state index contributed by atoms with van der Waals surface area (Å²) in [5, 5.41) is 48.4. The molecule has 2 aromatic rings. The summed E-state index contributed by atoms with van der Waals surface area (Å²) in [5.41, 5.74) is 3.33. The molecule has 4 atom stereocenters. The van der Waals surface area contributed by atoms with E-state index in [-0.39, 0.29) is 29.7 Å². The van der Waals surface area contributed by atoms with E-state index in [4.69, 9.17) is 5.73 Å². The minimum absolute atomic E-state index is 0.0574. The van der Waals surface area contributed by atoms with Crippen LogP contribution >= 0.6 is 11.3 Å². The van der Waals surface area contributed by atoms with E-state index in [0.717, 1.165) is 21.9 Å². The number of aliphatic hydroxyl groups excluding tert-OH is 2. The number of hydrogen-bond acceptors (Lipinski definition) is 10. The van der Waals surface area contributed by atoms with Crippen LogP contribution in [0.15, 0.2) is 41.2 Å². The molecular formula is C29H31N3O7S. The van der Waals surface area contributed by atoms with Crippen LogP contribution < -0.4 is 11.1 Å². The standard InChI is InChI=1S/C29H31N3O7S/c1-32(2)23-17-10-12-9-16-15(19-8-5-14(40-19)11-31-13-3-4-13)6-7-18(33)21(16)24(34)20(12)26(36)29(17,39)27(37)22(25(23)35)28(30)38/h5-8,12-13,17,23,31,33-34,37,39H,3-4,9-11H2,1-2H3,(H2,30,38). The van der Waals surface area contributed by atoms with Crippen molar-refractivity contribution in [2.75, 3.05) is 14.1 Å². The maximum atomic E-state index is 14.0. The Morgan fingerprint density at radius 2 is 1.88 bits per heavy atom. The van der Waals surface area contributed by atoms with Gasteiger partial charge >= 0.3 is 0 Å². The number of nitrogens with two attached hydrogens (primary N) is 1. The summed E-state index contributed by atoms with van der Waals surface area (Å²) in [6, 6.07) is 6.75. The average molecular weight is 566 g/mol. The molecule has 1 aromatic heterocycles. The van der Waals surface area contributed by atoms with Gasteiger partial charge in [0.05, 0.1) is 11.6 Å². The van der Waals surface area contributed by atoms with Crippen molar-refractivity contribution in [1.82, 2.24) is 10.2 Å². The van der Waals surface area contributed by atoms with Crippen LogP contribution in [0.3, 0.4) is 0 Å². The molecule has 0 radical (unpaired) electrons. The molecule has 210 valence electrons. The number of benzene rings is 1. The highest BCUT2D eigenvalue weighted by Crippen LogP contribution is 2.53. The molecule has 40 heavy (non-hydrogen) atoms. The Bertz CT molecular complexity index is 1540. The van der Waals surface area contributed by atoms with Gasteiger partial charge in [0.15, 0.2) is 11.4 Å². The van der Waals surface area contributed by atoms with Gasteiger partial charge in [0.25, 0.3) is 5.91 Å². The molecule has 1 aromatic carbocycles. The van der Waals surface area contributed by atoms with Crippen molar-refractivity contribution in [2.24, 2.45) is 17.6 Å². The Hall–Kier alpha value is -3.51. The van der Waals surface area contributed by atoms with E-state index in [1.54, 1.807) is 31.5 Å². The van der Waals surface area contributed by atoms with E-state index in [1.165, 1.54) is 23.8 Å². The number of phenols is 1. The van der Waals surface area contributed by atoms with Crippen LogP contribution in [-0.2, 0) is 27.3 Å². The number of nitrogens with zero attached hydrogens (tertiary/aromatic N) is 1. The maximum Gasteiger partial charge on any atom is 0.255 e. The minimum Gasteiger partial charge on any atom is -0.508 e. The summed E-state index contributed by atoms with van der Waals surface area (Å²) in [5.74, 6) is -6.55. The Kier molecular flexibility index (Phi) is 6.19. The van der Waals surface area contributed by atoms with E-state index in [2.05, 4.69) is 5.32 Å². The first-order valence-electron chi connectivity index (χ1n) is 13.3. The summed E-state index contributed by atoms with van der Waals surface area (Å²) < 4.78 is 0. The van der Waals surface area contributed by atoms with Gasteiger partial charge in [0, 0.05) is 33.8 Å². The van der Waals surface area contributed by atoms with Gasteiger partial charge in [0.2, 0.25) is 5.78 Å². The molecule has 2 saturated carbocycles. The van der Waals surface area contributed by atoms with Gasteiger partial charge in [-0.3, -0.25) is 19.3 Å². The molecule has 0 saturated heterocycles. The highest BCUT2D eigenvalue weighted by atomic mass is 32.1. The van der Waals surface area contributed by atoms with Crippen LogP contribution in [0.2, 0.25) is 0 Å². The molecule has 0 bridgehead atoms. The lowest BCUT2D eigenvalue weighted by Crippen LogP contribution is -2.65. The van der Waals surface area contributed by atoms with Gasteiger partial charge in [-0.2, -0.15) is 0 Å². The van der Waals surface area contributed by atoms with Gasteiger partial charge < -0.3 is 31.5 Å². The summed E-state index contributed by atoms with van der Waals surface area (Å²) in [6.45, 7) is 0.757. The number of thiophene rings is 1. The highest BCUT2D eigenvalue weighted by Gasteiger charge is 2.64. The number of fused-ring (bicyclic) bond motifs is 3. The predicted molar refractivity (Wildman–Crippen MR) is 147 cm³/mol. The van der Waals surface area contributed by atoms with Crippen LogP contribution in [0.5, 0.6) is 5.75 Å². The normalized spacial score (nSPS) is 28.1. The molecule has 4 aliphatic rings. The minimum atomic E-state index is -2.64. The lowest BCUT2D eigenvalue weighted by molar-refractivity contribution is -0.153. The van der Waals surface area contributed by atoms with Crippen LogP contribution in [0, 0.1) is 11.8 Å². The fourth-order valence-corrected chi connectivity index (χ4v) is 7.64. The molecule has 4 aliphatic carbocycles. The van der Waals surface area contributed by atoms with Crippen molar-refractivity contribution < 1.29 is 34.8 Å². The fraction of sp³-hybridized carbons (Fsp3) is 0.414. The van der Waals surface area contributed by atoms with Crippen LogP contribution in [0.4, 0.5) is 0 Å². The van der Waals surface area contributed by atoms with Crippen LogP contribution in [0.1, 0.15) is 35.3 Å². The Balaban J connectivity index is 1.47. The molecule has 0 aliphatic heterocycles. The number of rotatable bonds is 6. The largest absolute Gasteiger partial charge is 0.508 e. The molecule has 2 fully saturated rings. The van der Waals surface area contributed by atoms with E-state index in [0.29, 0.717) is 11.6 Å². The second kappa shape index (κ2) is 9.27.